The van der Waals surface area contributed by atoms with Crippen LogP contribution in [0.5, 0.6) is 0 Å². The summed E-state index contributed by atoms with van der Waals surface area (Å²) in [5.41, 5.74) is 3.38. The molecule has 5 rings (SSSR count). The van der Waals surface area contributed by atoms with Gasteiger partial charge in [0.25, 0.3) is 11.7 Å². The number of likely N-dealkylation sites (tertiary alicyclic amines) is 1. The van der Waals surface area contributed by atoms with E-state index in [0.29, 0.717) is 48.8 Å². The average molecular weight is 476 g/mol. The van der Waals surface area contributed by atoms with E-state index < -0.39 is 17.7 Å². The molecule has 2 aliphatic rings. The third-order valence-corrected chi connectivity index (χ3v) is 6.83. The molecule has 3 aromatic heterocycles. The Labute approximate surface area is 203 Å². The topological polar surface area (TPSA) is 100 Å². The first-order valence-electron chi connectivity index (χ1n) is 11.9. The second-order valence-corrected chi connectivity index (χ2v) is 9.02. The zero-order valence-electron chi connectivity index (χ0n) is 20.0. The fourth-order valence-electron chi connectivity index (χ4n) is 4.96. The molecule has 2 fully saturated rings. The molecule has 182 valence electrons. The predicted molar refractivity (Wildman–Crippen MR) is 130 cm³/mol. The molecule has 0 spiro atoms. The second kappa shape index (κ2) is 9.59. The van der Waals surface area contributed by atoms with Crippen LogP contribution in [0.25, 0.3) is 11.4 Å². The Bertz CT molecular complexity index is 1290. The minimum absolute atomic E-state index is 0.0542. The lowest BCUT2D eigenvalue weighted by Crippen LogP contribution is -2.39. The molecule has 1 amide bonds. The molecule has 9 nitrogen and oxygen atoms in total. The van der Waals surface area contributed by atoms with Crippen molar-refractivity contribution in [3.8, 4) is 0 Å². The van der Waals surface area contributed by atoms with Crippen molar-refractivity contribution in [1.82, 2.24) is 24.2 Å². The molecule has 1 atom stereocenters. The third-order valence-electron chi connectivity index (χ3n) is 6.83. The number of carbonyl (C=O) groups excluding carboxylic acids is 2. The van der Waals surface area contributed by atoms with E-state index >= 15 is 0 Å². The number of Topliss-reactive ketones (excluding diaryl/α,β-unsaturated/α-hetero) is 1. The molecule has 5 heterocycles. The summed E-state index contributed by atoms with van der Waals surface area (Å²) in [6.07, 6.45) is 5.85. The van der Waals surface area contributed by atoms with Crippen molar-refractivity contribution in [3.05, 3.63) is 70.9 Å². The van der Waals surface area contributed by atoms with Gasteiger partial charge >= 0.3 is 0 Å². The van der Waals surface area contributed by atoms with Crippen molar-refractivity contribution in [2.45, 2.75) is 26.3 Å². The summed E-state index contributed by atoms with van der Waals surface area (Å²) in [5, 5.41) is 11.4. The minimum Gasteiger partial charge on any atom is -0.505 e. The lowest BCUT2D eigenvalue weighted by atomic mass is 9.97. The third kappa shape index (κ3) is 4.21. The number of pyridine rings is 2. The van der Waals surface area contributed by atoms with Gasteiger partial charge in [-0.05, 0) is 43.5 Å². The SMILES string of the molecule is Cc1cccn2c(C)c(/C(O)=C3\C(=O)C(=O)N(CCCN4CCOCC4)C3c3cccnc3)nc12. The quantitative estimate of drug-likeness (QED) is 0.332. The number of aliphatic hydroxyl groups is 1. The Kier molecular flexibility index (Phi) is 6.36. The molecule has 3 aromatic rings. The van der Waals surface area contributed by atoms with Gasteiger partial charge in [0.1, 0.15) is 11.3 Å². The van der Waals surface area contributed by atoms with Gasteiger partial charge in [-0.15, -0.1) is 0 Å². The van der Waals surface area contributed by atoms with Crippen LogP contribution in [0.15, 0.2) is 48.4 Å². The summed E-state index contributed by atoms with van der Waals surface area (Å²) < 4.78 is 7.28. The van der Waals surface area contributed by atoms with Gasteiger partial charge in [-0.3, -0.25) is 19.5 Å². The first kappa shape index (κ1) is 23.2. The van der Waals surface area contributed by atoms with Crippen molar-refractivity contribution >= 4 is 23.1 Å². The number of carbonyl (C=O) groups is 2. The van der Waals surface area contributed by atoms with Gasteiger partial charge in [0.2, 0.25) is 0 Å². The average Bonchev–Trinajstić information content (AvgIpc) is 3.35. The number of imidazole rings is 1. The van der Waals surface area contributed by atoms with Crippen LogP contribution in [0, 0.1) is 13.8 Å². The van der Waals surface area contributed by atoms with Crippen LogP contribution < -0.4 is 0 Å². The van der Waals surface area contributed by atoms with Gasteiger partial charge in [0.15, 0.2) is 5.76 Å². The Morgan fingerprint density at radius 2 is 1.94 bits per heavy atom. The first-order chi connectivity index (χ1) is 17.0. The molecule has 2 aliphatic heterocycles. The van der Waals surface area contributed by atoms with Crippen LogP contribution in [-0.4, -0.2) is 80.4 Å². The summed E-state index contributed by atoms with van der Waals surface area (Å²) in [6.45, 7) is 8.10. The number of ether oxygens (including phenoxy) is 1. The van der Waals surface area contributed by atoms with Gasteiger partial charge in [0.05, 0.1) is 30.5 Å². The van der Waals surface area contributed by atoms with Crippen molar-refractivity contribution in [3.63, 3.8) is 0 Å². The normalized spacial score (nSPS) is 20.7. The van der Waals surface area contributed by atoms with Crippen molar-refractivity contribution in [1.29, 1.82) is 0 Å². The van der Waals surface area contributed by atoms with Gasteiger partial charge in [-0.2, -0.15) is 0 Å². The van der Waals surface area contributed by atoms with E-state index in [1.54, 1.807) is 23.4 Å². The van der Waals surface area contributed by atoms with Crippen LogP contribution in [0.2, 0.25) is 0 Å². The van der Waals surface area contributed by atoms with Crippen LogP contribution in [0.3, 0.4) is 0 Å². The molecular formula is C26H29N5O4. The number of fused-ring (bicyclic) bond motifs is 1. The van der Waals surface area contributed by atoms with E-state index in [1.165, 1.54) is 0 Å². The zero-order chi connectivity index (χ0) is 24.5. The second-order valence-electron chi connectivity index (χ2n) is 9.02. The van der Waals surface area contributed by atoms with Gasteiger partial charge < -0.3 is 19.1 Å². The number of hydrogen-bond donors (Lipinski definition) is 1. The highest BCUT2D eigenvalue weighted by atomic mass is 16.5. The van der Waals surface area contributed by atoms with Crippen LogP contribution in [-0.2, 0) is 14.3 Å². The highest BCUT2D eigenvalue weighted by molar-refractivity contribution is 6.46. The molecule has 0 saturated carbocycles. The summed E-state index contributed by atoms with van der Waals surface area (Å²) in [6, 6.07) is 6.71. The van der Waals surface area contributed by atoms with Gasteiger partial charge in [0, 0.05) is 44.8 Å². The fraction of sp³-hybridized carbons (Fsp3) is 0.385. The largest absolute Gasteiger partial charge is 0.505 e. The first-order valence-corrected chi connectivity index (χ1v) is 11.9. The molecular weight excluding hydrogens is 446 g/mol. The van der Waals surface area contributed by atoms with Gasteiger partial charge in [-0.1, -0.05) is 12.1 Å². The van der Waals surface area contributed by atoms with Crippen LogP contribution in [0.4, 0.5) is 0 Å². The molecule has 1 N–H and O–H groups in total. The summed E-state index contributed by atoms with van der Waals surface area (Å²) in [7, 11) is 0. The smallest absolute Gasteiger partial charge is 0.295 e. The number of hydrogen-bond acceptors (Lipinski definition) is 7. The Balaban J connectivity index is 1.53. The summed E-state index contributed by atoms with van der Waals surface area (Å²) in [4.78, 5) is 39.1. The Morgan fingerprint density at radius 1 is 1.14 bits per heavy atom. The zero-order valence-corrected chi connectivity index (χ0v) is 20.0. The van der Waals surface area contributed by atoms with E-state index in [1.807, 2.05) is 42.6 Å². The maximum absolute atomic E-state index is 13.3. The number of ketones is 1. The molecule has 1 unspecified atom stereocenters. The maximum atomic E-state index is 13.3. The number of aromatic nitrogens is 3. The van der Waals surface area contributed by atoms with E-state index in [0.717, 1.165) is 25.2 Å². The van der Waals surface area contributed by atoms with Crippen LogP contribution in [0.1, 0.15) is 35.0 Å². The summed E-state index contributed by atoms with van der Waals surface area (Å²) >= 11 is 0. The van der Waals surface area contributed by atoms with Crippen molar-refractivity contribution < 1.29 is 19.4 Å². The number of amides is 1. The molecule has 0 aliphatic carbocycles. The molecule has 0 aromatic carbocycles. The standard InChI is InChI=1S/C26H29N5O4/c1-17-6-4-10-30-18(2)21(28-25(17)30)23(32)20-22(19-7-3-8-27-16-19)31(26(34)24(20)33)11-5-9-29-12-14-35-15-13-29/h3-4,6-8,10,16,22,32H,5,9,11-15H2,1-2H3/b23-20+. The number of morpholine rings is 1. The van der Waals surface area contributed by atoms with Gasteiger partial charge in [-0.25, -0.2) is 4.98 Å². The maximum Gasteiger partial charge on any atom is 0.295 e. The number of aliphatic hydroxyl groups excluding tert-OH is 1. The Morgan fingerprint density at radius 3 is 2.66 bits per heavy atom. The molecule has 9 heteroatoms. The molecule has 0 bridgehead atoms. The molecule has 2 saturated heterocycles. The lowest BCUT2D eigenvalue weighted by molar-refractivity contribution is -0.140. The summed E-state index contributed by atoms with van der Waals surface area (Å²) in [5.74, 6) is -1.57. The lowest BCUT2D eigenvalue weighted by Gasteiger charge is -2.29. The van der Waals surface area contributed by atoms with Crippen LogP contribution >= 0.6 is 0 Å². The van der Waals surface area contributed by atoms with Crippen molar-refractivity contribution in [2.75, 3.05) is 39.4 Å². The number of rotatable bonds is 6. The highest BCUT2D eigenvalue weighted by Crippen LogP contribution is 2.39. The minimum atomic E-state index is -0.723. The van der Waals surface area contributed by atoms with E-state index in [2.05, 4.69) is 14.9 Å². The van der Waals surface area contributed by atoms with E-state index in [-0.39, 0.29) is 11.3 Å². The molecule has 35 heavy (non-hydrogen) atoms. The van der Waals surface area contributed by atoms with E-state index in [4.69, 9.17) is 4.74 Å². The predicted octanol–water partition coefficient (Wildman–Crippen LogP) is 2.49. The highest BCUT2D eigenvalue weighted by Gasteiger charge is 2.46. The Hall–Kier alpha value is -3.56. The fourth-order valence-corrected chi connectivity index (χ4v) is 4.96. The molecule has 0 radical (unpaired) electrons. The monoisotopic (exact) mass is 475 g/mol. The van der Waals surface area contributed by atoms with Crippen molar-refractivity contribution in [2.24, 2.45) is 0 Å². The van der Waals surface area contributed by atoms with E-state index in [9.17, 15) is 14.7 Å². The number of aryl methyl sites for hydroxylation is 2. The number of nitrogens with zero attached hydrogens (tertiary/aromatic N) is 5.